The van der Waals surface area contributed by atoms with E-state index < -0.39 is 0 Å². The minimum atomic E-state index is -0.313. The molecule has 2 aromatic heterocycles. The first-order valence-electron chi connectivity index (χ1n) is 8.57. The van der Waals surface area contributed by atoms with E-state index in [0.29, 0.717) is 17.9 Å². The number of aromatic nitrogens is 3. The van der Waals surface area contributed by atoms with Crippen LogP contribution in [0.4, 0.5) is 0 Å². The summed E-state index contributed by atoms with van der Waals surface area (Å²) in [5.41, 5.74) is 4.02. The molecule has 0 saturated carbocycles. The summed E-state index contributed by atoms with van der Waals surface area (Å²) in [6.45, 7) is 6.21. The number of esters is 1. The van der Waals surface area contributed by atoms with E-state index in [1.165, 1.54) is 0 Å². The van der Waals surface area contributed by atoms with Gasteiger partial charge in [0.25, 0.3) is 0 Å². The molecule has 1 fully saturated rings. The number of carbonyl (C=O) groups is 1. The van der Waals surface area contributed by atoms with E-state index >= 15 is 0 Å². The highest BCUT2D eigenvalue weighted by atomic mass is 16.5. The van der Waals surface area contributed by atoms with Crippen molar-refractivity contribution in [3.8, 4) is 0 Å². The Hall–Kier alpha value is -2.38. The van der Waals surface area contributed by atoms with Crippen molar-refractivity contribution in [2.24, 2.45) is 7.05 Å². The maximum absolute atomic E-state index is 12.7. The molecule has 0 N–H and O–H groups in total. The van der Waals surface area contributed by atoms with Crippen molar-refractivity contribution in [2.45, 2.75) is 6.92 Å². The Balaban J connectivity index is 1.57. The largest absolute Gasteiger partial charge is 0.461 e. The summed E-state index contributed by atoms with van der Waals surface area (Å²) in [5.74, 6) is -0.313. The van der Waals surface area contributed by atoms with Crippen molar-refractivity contribution in [1.29, 1.82) is 0 Å². The molecular weight excluding hydrogens is 320 g/mol. The van der Waals surface area contributed by atoms with E-state index in [4.69, 9.17) is 9.47 Å². The molecule has 25 heavy (non-hydrogen) atoms. The van der Waals surface area contributed by atoms with Crippen LogP contribution in [0.3, 0.4) is 0 Å². The SMILES string of the molecule is Cc1nn2c3ccccc3n(C)c2c1C(=O)OCCN1CCOCC1. The average Bonchev–Trinajstić information content (AvgIpc) is 3.11. The second kappa shape index (κ2) is 6.50. The smallest absolute Gasteiger partial charge is 0.343 e. The van der Waals surface area contributed by atoms with E-state index in [2.05, 4.69) is 10.00 Å². The Morgan fingerprint density at radius 3 is 2.72 bits per heavy atom. The summed E-state index contributed by atoms with van der Waals surface area (Å²) < 4.78 is 14.7. The van der Waals surface area contributed by atoms with Gasteiger partial charge in [0.05, 0.1) is 29.9 Å². The van der Waals surface area contributed by atoms with Crippen molar-refractivity contribution in [3.05, 3.63) is 35.5 Å². The molecule has 1 saturated heterocycles. The third-order valence-corrected chi connectivity index (χ3v) is 4.77. The van der Waals surface area contributed by atoms with E-state index in [1.54, 1.807) is 0 Å². The van der Waals surface area contributed by atoms with Gasteiger partial charge in [0.2, 0.25) is 0 Å². The number of para-hydroxylation sites is 2. The lowest BCUT2D eigenvalue weighted by Gasteiger charge is -2.26. The summed E-state index contributed by atoms with van der Waals surface area (Å²) in [7, 11) is 1.95. The molecule has 0 amide bonds. The van der Waals surface area contributed by atoms with Crippen LogP contribution in [0, 0.1) is 6.92 Å². The van der Waals surface area contributed by atoms with Crippen molar-refractivity contribution in [3.63, 3.8) is 0 Å². The minimum Gasteiger partial charge on any atom is -0.461 e. The molecule has 0 radical (unpaired) electrons. The monoisotopic (exact) mass is 342 g/mol. The number of ether oxygens (including phenoxy) is 2. The Morgan fingerprint density at radius 1 is 1.24 bits per heavy atom. The highest BCUT2D eigenvalue weighted by Gasteiger charge is 2.23. The van der Waals surface area contributed by atoms with Crippen LogP contribution in [-0.2, 0) is 16.5 Å². The van der Waals surface area contributed by atoms with Crippen molar-refractivity contribution in [2.75, 3.05) is 39.5 Å². The van der Waals surface area contributed by atoms with Gasteiger partial charge in [-0.3, -0.25) is 4.90 Å². The minimum absolute atomic E-state index is 0.313. The molecule has 0 aliphatic carbocycles. The predicted molar refractivity (Wildman–Crippen MR) is 93.9 cm³/mol. The molecule has 3 heterocycles. The maximum atomic E-state index is 12.7. The molecule has 7 nitrogen and oxygen atoms in total. The van der Waals surface area contributed by atoms with Crippen LogP contribution in [0.5, 0.6) is 0 Å². The van der Waals surface area contributed by atoms with Crippen LogP contribution in [0.1, 0.15) is 16.1 Å². The molecule has 4 rings (SSSR count). The van der Waals surface area contributed by atoms with Gasteiger partial charge in [-0.1, -0.05) is 12.1 Å². The maximum Gasteiger partial charge on any atom is 0.343 e. The van der Waals surface area contributed by atoms with E-state index in [0.717, 1.165) is 49.5 Å². The lowest BCUT2D eigenvalue weighted by Crippen LogP contribution is -2.38. The predicted octanol–water partition coefficient (Wildman–Crippen LogP) is 1.62. The Labute approximate surface area is 145 Å². The Kier molecular flexibility index (Phi) is 4.19. The first-order valence-corrected chi connectivity index (χ1v) is 8.57. The quantitative estimate of drug-likeness (QED) is 0.675. The number of rotatable bonds is 4. The molecule has 1 aliphatic rings. The molecule has 132 valence electrons. The highest BCUT2D eigenvalue weighted by Crippen LogP contribution is 2.24. The molecule has 0 spiro atoms. The second-order valence-electron chi connectivity index (χ2n) is 6.33. The van der Waals surface area contributed by atoms with Crippen LogP contribution in [0.15, 0.2) is 24.3 Å². The summed E-state index contributed by atoms with van der Waals surface area (Å²) >= 11 is 0. The first kappa shape index (κ1) is 16.1. The molecular formula is C18H22N4O3. The third-order valence-electron chi connectivity index (χ3n) is 4.77. The highest BCUT2D eigenvalue weighted by molar-refractivity contribution is 5.99. The molecule has 1 aromatic carbocycles. The summed E-state index contributed by atoms with van der Waals surface area (Å²) in [4.78, 5) is 14.9. The zero-order valence-corrected chi connectivity index (χ0v) is 14.6. The zero-order chi connectivity index (χ0) is 17.4. The first-order chi connectivity index (χ1) is 12.2. The van der Waals surface area contributed by atoms with Gasteiger partial charge < -0.3 is 14.0 Å². The summed E-state index contributed by atoms with van der Waals surface area (Å²) in [6, 6.07) is 7.98. The number of carbonyl (C=O) groups excluding carboxylic acids is 1. The number of benzene rings is 1. The molecule has 0 atom stereocenters. The molecule has 0 unspecified atom stereocenters. The molecule has 3 aromatic rings. The van der Waals surface area contributed by atoms with Gasteiger partial charge in [0.15, 0.2) is 5.65 Å². The topological polar surface area (TPSA) is 61.0 Å². The van der Waals surface area contributed by atoms with Crippen LogP contribution in [0.2, 0.25) is 0 Å². The molecule has 7 heteroatoms. The lowest BCUT2D eigenvalue weighted by atomic mass is 10.2. The van der Waals surface area contributed by atoms with Gasteiger partial charge >= 0.3 is 5.97 Å². The fourth-order valence-electron chi connectivity index (χ4n) is 3.44. The molecule has 0 bridgehead atoms. The number of aryl methyl sites for hydroxylation is 2. The number of morpholine rings is 1. The standard InChI is InChI=1S/C18H22N4O3/c1-13-16(18(23)25-12-9-21-7-10-24-11-8-21)17-20(2)14-5-3-4-6-15(14)22(17)19-13/h3-6H,7-12H2,1-2H3. The van der Waals surface area contributed by atoms with E-state index in [1.807, 2.05) is 47.3 Å². The van der Waals surface area contributed by atoms with Crippen LogP contribution in [0.25, 0.3) is 16.7 Å². The fraction of sp³-hybridized carbons (Fsp3) is 0.444. The van der Waals surface area contributed by atoms with Crippen molar-refractivity contribution < 1.29 is 14.3 Å². The van der Waals surface area contributed by atoms with Gasteiger partial charge in [0.1, 0.15) is 12.2 Å². The van der Waals surface area contributed by atoms with Gasteiger partial charge in [0, 0.05) is 26.7 Å². The van der Waals surface area contributed by atoms with Gasteiger partial charge in [-0.05, 0) is 19.1 Å². The van der Waals surface area contributed by atoms with Gasteiger partial charge in [-0.15, -0.1) is 0 Å². The van der Waals surface area contributed by atoms with Crippen molar-refractivity contribution in [1.82, 2.24) is 19.1 Å². The van der Waals surface area contributed by atoms with Crippen molar-refractivity contribution >= 4 is 22.6 Å². The van der Waals surface area contributed by atoms with E-state index in [9.17, 15) is 4.79 Å². The molecule has 1 aliphatic heterocycles. The van der Waals surface area contributed by atoms with Gasteiger partial charge in [-0.2, -0.15) is 5.10 Å². The normalized spacial score (nSPS) is 15.9. The van der Waals surface area contributed by atoms with Crippen LogP contribution in [-0.4, -0.2) is 64.5 Å². The third kappa shape index (κ3) is 2.79. The lowest BCUT2D eigenvalue weighted by molar-refractivity contribution is 0.0196. The van der Waals surface area contributed by atoms with Gasteiger partial charge in [-0.25, -0.2) is 9.31 Å². The second-order valence-corrected chi connectivity index (χ2v) is 6.33. The van der Waals surface area contributed by atoms with E-state index in [-0.39, 0.29) is 5.97 Å². The average molecular weight is 342 g/mol. The summed E-state index contributed by atoms with van der Waals surface area (Å²) in [5, 5.41) is 4.55. The Bertz CT molecular complexity index is 921. The summed E-state index contributed by atoms with van der Waals surface area (Å²) in [6.07, 6.45) is 0. The fourth-order valence-corrected chi connectivity index (χ4v) is 3.44. The zero-order valence-electron chi connectivity index (χ0n) is 14.6. The number of hydrogen-bond acceptors (Lipinski definition) is 5. The van der Waals surface area contributed by atoms with Crippen LogP contribution < -0.4 is 0 Å². The number of imidazole rings is 1. The number of nitrogens with zero attached hydrogens (tertiary/aromatic N) is 4. The van der Waals surface area contributed by atoms with Crippen LogP contribution >= 0.6 is 0 Å². The number of hydrogen-bond donors (Lipinski definition) is 0. The Morgan fingerprint density at radius 2 is 1.96 bits per heavy atom. The number of fused-ring (bicyclic) bond motifs is 3.